The largest absolute Gasteiger partial charge is 0.359 e. The van der Waals surface area contributed by atoms with Gasteiger partial charge in [-0.1, -0.05) is 11.6 Å². The molecule has 8 nitrogen and oxygen atoms in total. The lowest BCUT2D eigenvalue weighted by molar-refractivity contribution is -0.120. The van der Waals surface area contributed by atoms with Crippen LogP contribution in [0.2, 0.25) is 5.02 Å². The van der Waals surface area contributed by atoms with Crippen molar-refractivity contribution >= 4 is 34.9 Å². The van der Waals surface area contributed by atoms with Gasteiger partial charge in [0.25, 0.3) is 0 Å². The Bertz CT molecular complexity index is 933. The second-order valence-electron chi connectivity index (χ2n) is 8.26. The van der Waals surface area contributed by atoms with Gasteiger partial charge in [-0.05, 0) is 55.2 Å². The molecule has 1 aromatic heterocycles. The normalized spacial score (nSPS) is 17.7. The van der Waals surface area contributed by atoms with E-state index in [1.54, 1.807) is 6.07 Å². The maximum Gasteiger partial charge on any atom is 0.319 e. The highest BCUT2D eigenvalue weighted by atomic mass is 35.5. The highest BCUT2D eigenvalue weighted by Gasteiger charge is 2.21. The van der Waals surface area contributed by atoms with Gasteiger partial charge in [-0.3, -0.25) is 9.78 Å². The Morgan fingerprint density at radius 3 is 2.66 bits per heavy atom. The molecule has 32 heavy (non-hydrogen) atoms. The topological polar surface area (TPSA) is 89.6 Å². The van der Waals surface area contributed by atoms with Crippen LogP contribution in [0.3, 0.4) is 0 Å². The Hall–Kier alpha value is -2.84. The molecule has 2 saturated heterocycles. The summed E-state index contributed by atoms with van der Waals surface area (Å²) in [6, 6.07) is 9.44. The Morgan fingerprint density at radius 1 is 1.16 bits per heavy atom. The fourth-order valence-electron chi connectivity index (χ4n) is 4.18. The third-order valence-corrected chi connectivity index (χ3v) is 6.28. The van der Waals surface area contributed by atoms with Crippen molar-refractivity contribution in [2.24, 2.45) is 0 Å². The number of benzene rings is 1. The molecule has 2 fully saturated rings. The molecule has 0 unspecified atom stereocenters. The van der Waals surface area contributed by atoms with Gasteiger partial charge in [0.15, 0.2) is 0 Å². The van der Waals surface area contributed by atoms with Crippen molar-refractivity contribution in [3.05, 3.63) is 53.3 Å². The van der Waals surface area contributed by atoms with E-state index in [1.807, 2.05) is 29.4 Å². The minimum Gasteiger partial charge on any atom is -0.359 e. The van der Waals surface area contributed by atoms with Gasteiger partial charge in [0.2, 0.25) is 5.91 Å². The molecule has 4 rings (SSSR count). The number of likely N-dealkylation sites (tertiary alicyclic amines) is 1. The Labute approximate surface area is 193 Å². The first-order valence-corrected chi connectivity index (χ1v) is 11.4. The lowest BCUT2D eigenvalue weighted by atomic mass is 10.0. The quantitative estimate of drug-likeness (QED) is 0.621. The van der Waals surface area contributed by atoms with E-state index >= 15 is 0 Å². The highest BCUT2D eigenvalue weighted by molar-refractivity contribution is 6.33. The van der Waals surface area contributed by atoms with Crippen LogP contribution in [-0.4, -0.2) is 67.1 Å². The number of pyridine rings is 1. The minimum absolute atomic E-state index is 0.0164. The molecule has 1 aromatic carbocycles. The smallest absolute Gasteiger partial charge is 0.319 e. The molecule has 0 bridgehead atoms. The van der Waals surface area contributed by atoms with Crippen LogP contribution >= 0.6 is 11.6 Å². The molecular weight excluding hydrogens is 428 g/mol. The number of nitrogens with zero attached hydrogens (tertiary/aromatic N) is 3. The van der Waals surface area contributed by atoms with Crippen LogP contribution in [0.15, 0.2) is 42.7 Å². The summed E-state index contributed by atoms with van der Waals surface area (Å²) in [5, 5.41) is 9.26. The zero-order chi connectivity index (χ0) is 22.3. The first kappa shape index (κ1) is 22.4. The monoisotopic (exact) mass is 456 g/mol. The molecule has 0 radical (unpaired) electrons. The molecule has 2 aliphatic heterocycles. The van der Waals surface area contributed by atoms with Crippen molar-refractivity contribution in [1.29, 1.82) is 0 Å². The van der Waals surface area contributed by atoms with Gasteiger partial charge < -0.3 is 25.8 Å². The summed E-state index contributed by atoms with van der Waals surface area (Å²) >= 11 is 6.42. The molecule has 3 amide bonds. The van der Waals surface area contributed by atoms with Crippen molar-refractivity contribution in [2.45, 2.75) is 25.3 Å². The summed E-state index contributed by atoms with van der Waals surface area (Å²) in [7, 11) is 0. The number of anilines is 2. The molecule has 0 atom stereocenters. The van der Waals surface area contributed by atoms with Crippen LogP contribution < -0.4 is 20.9 Å². The first-order valence-electron chi connectivity index (χ1n) is 11.1. The van der Waals surface area contributed by atoms with Crippen LogP contribution in [0.25, 0.3) is 0 Å². The van der Waals surface area contributed by atoms with Gasteiger partial charge >= 0.3 is 6.03 Å². The van der Waals surface area contributed by atoms with Gasteiger partial charge in [-0.25, -0.2) is 4.79 Å². The third kappa shape index (κ3) is 6.11. The molecule has 9 heteroatoms. The van der Waals surface area contributed by atoms with Gasteiger partial charge in [-0.15, -0.1) is 0 Å². The van der Waals surface area contributed by atoms with E-state index in [-0.39, 0.29) is 24.5 Å². The Morgan fingerprint density at radius 2 is 1.94 bits per heavy atom. The molecular formula is C23H29ClN6O2. The number of amides is 3. The lowest BCUT2D eigenvalue weighted by Crippen LogP contribution is -2.47. The number of carbonyl (C=O) groups excluding carboxylic acids is 2. The van der Waals surface area contributed by atoms with Crippen LogP contribution in [0.4, 0.5) is 16.2 Å². The minimum atomic E-state index is -0.221. The molecule has 170 valence electrons. The summed E-state index contributed by atoms with van der Waals surface area (Å²) in [5.41, 5.74) is 2.73. The van der Waals surface area contributed by atoms with E-state index in [9.17, 15) is 9.59 Å². The standard InChI is InChI=1S/C23H29ClN6O2/c24-20-15-19(1-2-21(20)30-14-10-26-22(31)16-30)28-23(32)27-18-6-12-29(13-7-18)11-5-17-3-8-25-9-4-17/h1-4,8-9,15,18H,5-7,10-14,16H2,(H,26,31)(H2,27,28,32). The predicted octanol–water partition coefficient (Wildman–Crippen LogP) is 2.50. The van der Waals surface area contributed by atoms with Crippen molar-refractivity contribution in [3.8, 4) is 0 Å². The molecule has 0 saturated carbocycles. The number of piperidine rings is 1. The van der Waals surface area contributed by atoms with Gasteiger partial charge in [0.05, 0.1) is 17.3 Å². The number of urea groups is 1. The van der Waals surface area contributed by atoms with E-state index in [0.717, 1.165) is 44.6 Å². The Kier molecular flexibility index (Phi) is 7.44. The number of hydrogen-bond acceptors (Lipinski definition) is 5. The summed E-state index contributed by atoms with van der Waals surface area (Å²) in [6.07, 6.45) is 6.54. The van der Waals surface area contributed by atoms with E-state index < -0.39 is 0 Å². The van der Waals surface area contributed by atoms with Crippen LogP contribution in [0, 0.1) is 0 Å². The number of piperazine rings is 1. The summed E-state index contributed by atoms with van der Waals surface area (Å²) in [6.45, 7) is 4.56. The number of carbonyl (C=O) groups is 2. The van der Waals surface area contributed by atoms with E-state index in [1.165, 1.54) is 5.56 Å². The van der Waals surface area contributed by atoms with Crippen LogP contribution in [-0.2, 0) is 11.2 Å². The molecule has 0 aliphatic carbocycles. The molecule has 0 spiro atoms. The van der Waals surface area contributed by atoms with Gasteiger partial charge in [0, 0.05) is 56.8 Å². The molecule has 3 N–H and O–H groups in total. The predicted molar refractivity (Wildman–Crippen MR) is 126 cm³/mol. The average molecular weight is 457 g/mol. The van der Waals surface area contributed by atoms with E-state index in [0.29, 0.717) is 23.8 Å². The fourth-order valence-corrected chi connectivity index (χ4v) is 4.48. The second kappa shape index (κ2) is 10.7. The zero-order valence-corrected chi connectivity index (χ0v) is 18.8. The lowest BCUT2D eigenvalue weighted by Gasteiger charge is -2.32. The molecule has 2 aliphatic rings. The summed E-state index contributed by atoms with van der Waals surface area (Å²) in [4.78, 5) is 32.5. The van der Waals surface area contributed by atoms with Crippen molar-refractivity contribution in [2.75, 3.05) is 49.5 Å². The number of aromatic nitrogens is 1. The number of nitrogens with one attached hydrogen (secondary N) is 3. The van der Waals surface area contributed by atoms with Gasteiger partial charge in [0.1, 0.15) is 0 Å². The van der Waals surface area contributed by atoms with Crippen LogP contribution in [0.5, 0.6) is 0 Å². The third-order valence-electron chi connectivity index (χ3n) is 5.97. The van der Waals surface area contributed by atoms with E-state index in [4.69, 9.17) is 11.6 Å². The zero-order valence-electron chi connectivity index (χ0n) is 18.0. The van der Waals surface area contributed by atoms with Crippen molar-refractivity contribution in [3.63, 3.8) is 0 Å². The average Bonchev–Trinajstić information content (AvgIpc) is 2.79. The van der Waals surface area contributed by atoms with Crippen molar-refractivity contribution in [1.82, 2.24) is 20.5 Å². The molecule has 3 heterocycles. The second-order valence-corrected chi connectivity index (χ2v) is 8.66. The SMILES string of the molecule is O=C1CN(c2ccc(NC(=O)NC3CCN(CCc4ccncc4)CC3)cc2Cl)CCN1. The van der Waals surface area contributed by atoms with Crippen LogP contribution in [0.1, 0.15) is 18.4 Å². The fraction of sp³-hybridized carbons (Fsp3) is 0.435. The number of halogens is 1. The van der Waals surface area contributed by atoms with E-state index in [2.05, 4.69) is 38.0 Å². The molecule has 2 aromatic rings. The maximum atomic E-state index is 12.5. The first-order chi connectivity index (χ1) is 15.6. The summed E-state index contributed by atoms with van der Waals surface area (Å²) in [5.74, 6) is -0.0164. The maximum absolute atomic E-state index is 12.5. The number of hydrogen-bond donors (Lipinski definition) is 3. The van der Waals surface area contributed by atoms with Crippen molar-refractivity contribution < 1.29 is 9.59 Å². The van der Waals surface area contributed by atoms with Gasteiger partial charge in [-0.2, -0.15) is 0 Å². The summed E-state index contributed by atoms with van der Waals surface area (Å²) < 4.78 is 0. The Balaban J connectivity index is 1.21. The highest BCUT2D eigenvalue weighted by Crippen LogP contribution is 2.29. The number of rotatable bonds is 6.